The van der Waals surface area contributed by atoms with Crippen LogP contribution in [-0.2, 0) is 9.47 Å². The number of rotatable bonds is 3. The molecule has 0 radical (unpaired) electrons. The molecule has 0 bridgehead atoms. The third-order valence-electron chi connectivity index (χ3n) is 4.79. The highest BCUT2D eigenvalue weighted by Gasteiger charge is 2.27. The summed E-state index contributed by atoms with van der Waals surface area (Å²) < 4.78 is 12.4. The first-order valence-corrected chi connectivity index (χ1v) is 10.1. The van der Waals surface area contributed by atoms with Crippen molar-refractivity contribution in [1.82, 2.24) is 9.97 Å². The number of morpholine rings is 2. The fourth-order valence-corrected chi connectivity index (χ4v) is 4.65. The van der Waals surface area contributed by atoms with E-state index in [2.05, 4.69) is 23.6 Å². The Hall–Kier alpha value is -1.48. The van der Waals surface area contributed by atoms with Gasteiger partial charge in [0.15, 0.2) is 5.82 Å². The van der Waals surface area contributed by atoms with Crippen LogP contribution in [-0.4, -0.2) is 66.7 Å². The standard InChI is InChI=1S/C18H26N4O3S/c1-11-9-22(10-12(2)25-11)18-19-14-8-15(13(3)23)26-16(14)17(20-18)21-4-6-24-7-5-21/h8,11-13,23H,4-7,9-10H2,1-3H3/t11-,12+,13?. The first-order chi connectivity index (χ1) is 12.5. The number of hydrogen-bond acceptors (Lipinski definition) is 8. The number of hydrogen-bond donors (Lipinski definition) is 1. The second-order valence-electron chi connectivity index (χ2n) is 7.15. The van der Waals surface area contributed by atoms with Crippen LogP contribution in [0.4, 0.5) is 11.8 Å². The van der Waals surface area contributed by atoms with Gasteiger partial charge in [0.2, 0.25) is 5.95 Å². The summed E-state index contributed by atoms with van der Waals surface area (Å²) >= 11 is 1.58. The van der Waals surface area contributed by atoms with Gasteiger partial charge < -0.3 is 24.4 Å². The lowest BCUT2D eigenvalue weighted by Crippen LogP contribution is -2.46. The number of thiophene rings is 1. The summed E-state index contributed by atoms with van der Waals surface area (Å²) in [5, 5.41) is 10.0. The molecule has 2 fully saturated rings. The second-order valence-corrected chi connectivity index (χ2v) is 8.23. The minimum atomic E-state index is -0.501. The largest absolute Gasteiger partial charge is 0.388 e. The highest BCUT2D eigenvalue weighted by Crippen LogP contribution is 2.36. The van der Waals surface area contributed by atoms with Crippen molar-refractivity contribution in [3.05, 3.63) is 10.9 Å². The fourth-order valence-electron chi connectivity index (χ4n) is 3.60. The molecule has 3 atom stereocenters. The molecule has 0 aliphatic carbocycles. The zero-order valence-electron chi connectivity index (χ0n) is 15.5. The molecular weight excluding hydrogens is 352 g/mol. The molecule has 1 N–H and O–H groups in total. The van der Waals surface area contributed by atoms with Crippen LogP contribution >= 0.6 is 11.3 Å². The van der Waals surface area contributed by atoms with E-state index in [0.717, 1.165) is 53.0 Å². The van der Waals surface area contributed by atoms with Crippen molar-refractivity contribution in [2.24, 2.45) is 0 Å². The topological polar surface area (TPSA) is 71.0 Å². The van der Waals surface area contributed by atoms with Crippen LogP contribution in [0.1, 0.15) is 31.8 Å². The first-order valence-electron chi connectivity index (χ1n) is 9.24. The average molecular weight is 378 g/mol. The van der Waals surface area contributed by atoms with Crippen molar-refractivity contribution in [2.45, 2.75) is 39.1 Å². The molecule has 26 heavy (non-hydrogen) atoms. The molecular formula is C18H26N4O3S. The molecule has 0 aromatic carbocycles. The van der Waals surface area contributed by atoms with Crippen molar-refractivity contribution < 1.29 is 14.6 Å². The van der Waals surface area contributed by atoms with E-state index in [4.69, 9.17) is 19.4 Å². The van der Waals surface area contributed by atoms with Gasteiger partial charge in [-0.15, -0.1) is 11.3 Å². The van der Waals surface area contributed by atoms with Crippen LogP contribution in [0.5, 0.6) is 0 Å². The second kappa shape index (κ2) is 7.26. The van der Waals surface area contributed by atoms with Gasteiger partial charge in [0, 0.05) is 31.1 Å². The molecule has 4 heterocycles. The molecule has 7 nitrogen and oxygen atoms in total. The minimum Gasteiger partial charge on any atom is -0.388 e. The van der Waals surface area contributed by atoms with Gasteiger partial charge in [-0.1, -0.05) is 0 Å². The smallest absolute Gasteiger partial charge is 0.228 e. The Balaban J connectivity index is 1.78. The number of nitrogens with zero attached hydrogens (tertiary/aromatic N) is 4. The van der Waals surface area contributed by atoms with Gasteiger partial charge in [-0.25, -0.2) is 4.98 Å². The molecule has 2 aliphatic rings. The Bertz CT molecular complexity index is 765. The SMILES string of the molecule is CC(O)c1cc2nc(N3C[C@@H](C)O[C@@H](C)C3)nc(N3CCOCC3)c2s1. The Morgan fingerprint density at radius 3 is 2.50 bits per heavy atom. The zero-order chi connectivity index (χ0) is 18.3. The lowest BCUT2D eigenvalue weighted by molar-refractivity contribution is -0.00569. The van der Waals surface area contributed by atoms with E-state index >= 15 is 0 Å². The lowest BCUT2D eigenvalue weighted by Gasteiger charge is -2.36. The van der Waals surface area contributed by atoms with Gasteiger partial charge in [0.05, 0.1) is 41.7 Å². The van der Waals surface area contributed by atoms with Gasteiger partial charge in [0.1, 0.15) is 0 Å². The summed E-state index contributed by atoms with van der Waals surface area (Å²) in [5.41, 5.74) is 0.907. The molecule has 142 valence electrons. The molecule has 0 saturated carbocycles. The van der Waals surface area contributed by atoms with Crippen molar-refractivity contribution >= 4 is 33.3 Å². The van der Waals surface area contributed by atoms with E-state index < -0.39 is 6.10 Å². The summed E-state index contributed by atoms with van der Waals surface area (Å²) in [4.78, 5) is 15.2. The van der Waals surface area contributed by atoms with E-state index in [1.54, 1.807) is 18.3 Å². The molecule has 2 saturated heterocycles. The number of aliphatic hydroxyl groups is 1. The molecule has 2 aromatic rings. The number of aromatic nitrogens is 2. The highest BCUT2D eigenvalue weighted by atomic mass is 32.1. The highest BCUT2D eigenvalue weighted by molar-refractivity contribution is 7.19. The van der Waals surface area contributed by atoms with Crippen molar-refractivity contribution in [3.63, 3.8) is 0 Å². The van der Waals surface area contributed by atoms with Crippen LogP contribution < -0.4 is 9.80 Å². The van der Waals surface area contributed by atoms with Crippen LogP contribution in [0, 0.1) is 0 Å². The maximum atomic E-state index is 10.0. The normalized spacial score (nSPS) is 25.7. The Kier molecular flexibility index (Phi) is 5.00. The predicted molar refractivity (Wildman–Crippen MR) is 103 cm³/mol. The monoisotopic (exact) mass is 378 g/mol. The Labute approximate surface area is 157 Å². The lowest BCUT2D eigenvalue weighted by atomic mass is 10.2. The van der Waals surface area contributed by atoms with Gasteiger partial charge in [-0.05, 0) is 26.8 Å². The van der Waals surface area contributed by atoms with Gasteiger partial charge in [-0.3, -0.25) is 0 Å². The molecule has 0 spiro atoms. The first kappa shape index (κ1) is 17.9. The summed E-state index contributed by atoms with van der Waals surface area (Å²) in [7, 11) is 0. The van der Waals surface area contributed by atoms with Crippen LogP contribution in [0.15, 0.2) is 6.07 Å². The summed E-state index contributed by atoms with van der Waals surface area (Å²) in [5.74, 6) is 1.70. The van der Waals surface area contributed by atoms with Gasteiger partial charge >= 0.3 is 0 Å². The number of ether oxygens (including phenoxy) is 2. The molecule has 0 amide bonds. The quantitative estimate of drug-likeness (QED) is 0.878. The van der Waals surface area contributed by atoms with Crippen molar-refractivity contribution in [1.29, 1.82) is 0 Å². The molecule has 2 aromatic heterocycles. The van der Waals surface area contributed by atoms with Gasteiger partial charge in [0.25, 0.3) is 0 Å². The number of fused-ring (bicyclic) bond motifs is 1. The number of anilines is 2. The van der Waals surface area contributed by atoms with Crippen molar-refractivity contribution in [2.75, 3.05) is 49.2 Å². The third-order valence-corrected chi connectivity index (χ3v) is 6.08. The summed E-state index contributed by atoms with van der Waals surface area (Å²) in [6.45, 7) is 10.6. The predicted octanol–water partition coefficient (Wildman–Crippen LogP) is 2.19. The Morgan fingerprint density at radius 2 is 1.85 bits per heavy atom. The van der Waals surface area contributed by atoms with Crippen LogP contribution in [0.2, 0.25) is 0 Å². The maximum Gasteiger partial charge on any atom is 0.228 e. The van der Waals surface area contributed by atoms with Crippen molar-refractivity contribution in [3.8, 4) is 0 Å². The van der Waals surface area contributed by atoms with Crippen LogP contribution in [0.25, 0.3) is 10.2 Å². The molecule has 2 aliphatic heterocycles. The van der Waals surface area contributed by atoms with E-state index in [-0.39, 0.29) is 12.2 Å². The summed E-state index contributed by atoms with van der Waals surface area (Å²) in [6, 6.07) is 1.99. The Morgan fingerprint density at radius 1 is 1.15 bits per heavy atom. The third kappa shape index (κ3) is 3.51. The molecule has 8 heteroatoms. The minimum absolute atomic E-state index is 0.153. The molecule has 1 unspecified atom stereocenters. The molecule has 4 rings (SSSR count). The number of aliphatic hydroxyl groups excluding tert-OH is 1. The van der Waals surface area contributed by atoms with E-state index in [0.29, 0.717) is 13.2 Å². The van der Waals surface area contributed by atoms with Crippen LogP contribution in [0.3, 0.4) is 0 Å². The van der Waals surface area contributed by atoms with E-state index in [9.17, 15) is 5.11 Å². The summed E-state index contributed by atoms with van der Waals surface area (Å²) in [6.07, 6.45) is -0.195. The van der Waals surface area contributed by atoms with Gasteiger partial charge in [-0.2, -0.15) is 4.98 Å². The maximum absolute atomic E-state index is 10.0. The fraction of sp³-hybridized carbons (Fsp3) is 0.667. The van der Waals surface area contributed by atoms with E-state index in [1.807, 2.05) is 6.07 Å². The zero-order valence-corrected chi connectivity index (χ0v) is 16.3. The average Bonchev–Trinajstić information content (AvgIpc) is 3.05. The van der Waals surface area contributed by atoms with E-state index in [1.165, 1.54) is 0 Å².